The van der Waals surface area contributed by atoms with Crippen molar-refractivity contribution in [3.63, 3.8) is 0 Å². The molecule has 1 heterocycles. The summed E-state index contributed by atoms with van der Waals surface area (Å²) in [7, 11) is 2.77. The van der Waals surface area contributed by atoms with Gasteiger partial charge in [0.15, 0.2) is 0 Å². The maximum absolute atomic E-state index is 12.3. The van der Waals surface area contributed by atoms with Crippen LogP contribution in [0.5, 0.6) is 5.75 Å². The van der Waals surface area contributed by atoms with Crippen molar-refractivity contribution in [3.05, 3.63) is 40.4 Å². The van der Waals surface area contributed by atoms with Gasteiger partial charge in [-0.15, -0.1) is 11.8 Å². The summed E-state index contributed by atoms with van der Waals surface area (Å²) in [4.78, 5) is 24.4. The first-order valence-corrected chi connectivity index (χ1v) is 8.00. The fourth-order valence-corrected chi connectivity index (χ4v) is 3.13. The van der Waals surface area contributed by atoms with E-state index in [-0.39, 0.29) is 0 Å². The Morgan fingerprint density at radius 2 is 1.96 bits per heavy atom. The predicted molar refractivity (Wildman–Crippen MR) is 85.5 cm³/mol. The maximum Gasteiger partial charge on any atom is 0.319 e. The molecule has 7 heteroatoms. The molecule has 0 unspecified atom stereocenters. The molecule has 0 aromatic heterocycles. The molecule has 0 radical (unpaired) electrons. The zero-order valence-electron chi connectivity index (χ0n) is 13.0. The van der Waals surface area contributed by atoms with Gasteiger partial charge in [0, 0.05) is 5.92 Å². The molecule has 0 bridgehead atoms. The molecule has 1 aromatic carbocycles. The van der Waals surface area contributed by atoms with Crippen molar-refractivity contribution in [3.8, 4) is 11.8 Å². The molecule has 23 heavy (non-hydrogen) atoms. The normalized spacial score (nSPS) is 20.5. The number of nitrogens with one attached hydrogen (secondary N) is 1. The Labute approximate surface area is 138 Å². The van der Waals surface area contributed by atoms with E-state index in [4.69, 9.17) is 9.47 Å². The lowest BCUT2D eigenvalue weighted by molar-refractivity contribution is -0.150. The molecular formula is C16H16N2O4S. The monoisotopic (exact) mass is 332 g/mol. The van der Waals surface area contributed by atoms with E-state index < -0.39 is 23.7 Å². The second-order valence-corrected chi connectivity index (χ2v) is 5.62. The Morgan fingerprint density at radius 3 is 2.43 bits per heavy atom. The van der Waals surface area contributed by atoms with Crippen LogP contribution in [0.2, 0.25) is 0 Å². The standard InChI is InChI=1S/C16H16N2O4S/c1-21-10-6-4-9(5-7-10)12-11(8-17)15(23-3)18-14(19)13(12)16(20)22-2/h4-7,12-13H,1-3H3,(H,18,19)/t12-,13+/m0/s1. The summed E-state index contributed by atoms with van der Waals surface area (Å²) in [5.41, 5.74) is 1.02. The third kappa shape index (κ3) is 3.17. The summed E-state index contributed by atoms with van der Waals surface area (Å²) in [5, 5.41) is 12.6. The van der Waals surface area contributed by atoms with Crippen molar-refractivity contribution < 1.29 is 19.1 Å². The van der Waals surface area contributed by atoms with Crippen LogP contribution in [-0.2, 0) is 14.3 Å². The van der Waals surface area contributed by atoms with E-state index in [0.717, 1.165) is 0 Å². The molecule has 1 aliphatic heterocycles. The van der Waals surface area contributed by atoms with Crippen LogP contribution in [0.1, 0.15) is 11.5 Å². The van der Waals surface area contributed by atoms with Crippen molar-refractivity contribution in [2.24, 2.45) is 5.92 Å². The van der Waals surface area contributed by atoms with E-state index >= 15 is 0 Å². The van der Waals surface area contributed by atoms with Crippen molar-refractivity contribution in [2.75, 3.05) is 20.5 Å². The molecule has 120 valence electrons. The number of nitriles is 1. The van der Waals surface area contributed by atoms with Gasteiger partial charge in [-0.1, -0.05) is 12.1 Å². The molecule has 0 fully saturated rings. The lowest BCUT2D eigenvalue weighted by atomic mass is 9.78. The number of methoxy groups -OCH3 is 2. The Bertz CT molecular complexity index is 691. The zero-order valence-corrected chi connectivity index (χ0v) is 13.8. The van der Waals surface area contributed by atoms with Gasteiger partial charge in [-0.05, 0) is 24.0 Å². The highest BCUT2D eigenvalue weighted by atomic mass is 32.2. The highest BCUT2D eigenvalue weighted by Crippen LogP contribution is 2.39. The minimum Gasteiger partial charge on any atom is -0.497 e. The predicted octanol–water partition coefficient (Wildman–Crippen LogP) is 1.80. The molecule has 0 spiro atoms. The van der Waals surface area contributed by atoms with Crippen LogP contribution in [0.3, 0.4) is 0 Å². The number of rotatable bonds is 4. The Morgan fingerprint density at radius 1 is 1.30 bits per heavy atom. The van der Waals surface area contributed by atoms with Crippen molar-refractivity contribution in [1.29, 1.82) is 5.26 Å². The molecule has 1 aliphatic rings. The van der Waals surface area contributed by atoms with Gasteiger partial charge in [-0.25, -0.2) is 0 Å². The lowest BCUT2D eigenvalue weighted by Gasteiger charge is -2.30. The van der Waals surface area contributed by atoms with Gasteiger partial charge in [0.05, 0.1) is 30.9 Å². The molecule has 1 aromatic rings. The van der Waals surface area contributed by atoms with Crippen LogP contribution in [0.4, 0.5) is 0 Å². The first-order chi connectivity index (χ1) is 11.1. The third-order valence-electron chi connectivity index (χ3n) is 3.66. The average molecular weight is 332 g/mol. The number of thioether (sulfide) groups is 1. The molecule has 0 saturated heterocycles. The second kappa shape index (κ2) is 7.20. The number of amides is 1. The molecule has 1 N–H and O–H groups in total. The van der Waals surface area contributed by atoms with E-state index in [9.17, 15) is 14.9 Å². The molecule has 6 nitrogen and oxygen atoms in total. The third-order valence-corrected chi connectivity index (χ3v) is 4.39. The van der Waals surface area contributed by atoms with E-state index in [2.05, 4.69) is 11.4 Å². The largest absolute Gasteiger partial charge is 0.497 e. The van der Waals surface area contributed by atoms with Crippen molar-refractivity contribution in [1.82, 2.24) is 5.32 Å². The number of esters is 1. The fourth-order valence-electron chi connectivity index (χ4n) is 2.54. The van der Waals surface area contributed by atoms with Crippen LogP contribution in [0.25, 0.3) is 0 Å². The number of benzene rings is 1. The average Bonchev–Trinajstić information content (AvgIpc) is 2.60. The Hall–Kier alpha value is -2.46. The van der Waals surface area contributed by atoms with Crippen LogP contribution >= 0.6 is 11.8 Å². The topological polar surface area (TPSA) is 88.4 Å². The van der Waals surface area contributed by atoms with Crippen molar-refractivity contribution in [2.45, 2.75) is 5.92 Å². The quantitative estimate of drug-likeness (QED) is 0.668. The summed E-state index contributed by atoms with van der Waals surface area (Å²) < 4.78 is 9.87. The van der Waals surface area contributed by atoms with E-state index in [1.54, 1.807) is 37.6 Å². The Balaban J connectivity index is 2.59. The molecule has 0 saturated carbocycles. The van der Waals surface area contributed by atoms with Gasteiger partial charge in [-0.2, -0.15) is 5.26 Å². The second-order valence-electron chi connectivity index (χ2n) is 4.80. The fraction of sp³-hybridized carbons (Fsp3) is 0.312. The molecule has 1 amide bonds. The summed E-state index contributed by atoms with van der Waals surface area (Å²) in [6, 6.07) is 9.06. The number of allylic oxidation sites excluding steroid dienone is 1. The van der Waals surface area contributed by atoms with Crippen LogP contribution in [0, 0.1) is 17.2 Å². The number of carbonyl (C=O) groups is 2. The van der Waals surface area contributed by atoms with Gasteiger partial charge in [-0.3, -0.25) is 9.59 Å². The van der Waals surface area contributed by atoms with Crippen molar-refractivity contribution >= 4 is 23.6 Å². The van der Waals surface area contributed by atoms with Gasteiger partial charge in [0.1, 0.15) is 11.7 Å². The van der Waals surface area contributed by atoms with E-state index in [1.807, 2.05) is 0 Å². The SMILES string of the molecule is COC(=O)[C@H]1C(=O)NC(SC)=C(C#N)[C@@H]1c1ccc(OC)cc1. The highest BCUT2D eigenvalue weighted by molar-refractivity contribution is 8.02. The molecule has 2 rings (SSSR count). The zero-order chi connectivity index (χ0) is 17.0. The van der Waals surface area contributed by atoms with Gasteiger partial charge in [0.25, 0.3) is 0 Å². The number of hydrogen-bond acceptors (Lipinski definition) is 6. The first-order valence-electron chi connectivity index (χ1n) is 6.78. The summed E-state index contributed by atoms with van der Waals surface area (Å²) >= 11 is 1.26. The minimum absolute atomic E-state index is 0.345. The smallest absolute Gasteiger partial charge is 0.319 e. The van der Waals surface area contributed by atoms with Crippen LogP contribution in [-0.4, -0.2) is 32.4 Å². The Kier molecular flexibility index (Phi) is 5.29. The summed E-state index contributed by atoms with van der Waals surface area (Å²) in [6.07, 6.45) is 1.76. The first kappa shape index (κ1) is 16.9. The van der Waals surface area contributed by atoms with Crippen LogP contribution < -0.4 is 10.1 Å². The molecule has 0 aliphatic carbocycles. The molecule has 2 atom stereocenters. The molecular weight excluding hydrogens is 316 g/mol. The number of ether oxygens (including phenoxy) is 2. The van der Waals surface area contributed by atoms with Gasteiger partial charge >= 0.3 is 5.97 Å². The number of carbonyl (C=O) groups excluding carboxylic acids is 2. The lowest BCUT2D eigenvalue weighted by Crippen LogP contribution is -2.44. The van der Waals surface area contributed by atoms with Gasteiger partial charge < -0.3 is 14.8 Å². The number of hydrogen-bond donors (Lipinski definition) is 1. The maximum atomic E-state index is 12.3. The van der Waals surface area contributed by atoms with E-state index in [1.165, 1.54) is 18.9 Å². The summed E-state index contributed by atoms with van der Waals surface area (Å²) in [5.74, 6) is -2.28. The summed E-state index contributed by atoms with van der Waals surface area (Å²) in [6.45, 7) is 0. The van der Waals surface area contributed by atoms with Crippen LogP contribution in [0.15, 0.2) is 34.9 Å². The van der Waals surface area contributed by atoms with E-state index in [0.29, 0.717) is 21.9 Å². The van der Waals surface area contributed by atoms with Gasteiger partial charge in [0.2, 0.25) is 5.91 Å². The number of nitrogens with zero attached hydrogens (tertiary/aromatic N) is 1. The minimum atomic E-state index is -1.10. The highest BCUT2D eigenvalue weighted by Gasteiger charge is 2.44.